The average molecular weight is 500 g/mol. The van der Waals surface area contributed by atoms with E-state index in [0.717, 1.165) is 5.56 Å². The van der Waals surface area contributed by atoms with Crippen LogP contribution in [0.4, 0.5) is 16.2 Å². The van der Waals surface area contributed by atoms with Crippen molar-refractivity contribution in [1.29, 1.82) is 0 Å². The first-order valence-corrected chi connectivity index (χ1v) is 11.0. The van der Waals surface area contributed by atoms with Gasteiger partial charge in [-0.05, 0) is 38.5 Å². The molecular formula is C24H29N5O7. The number of benzene rings is 2. The van der Waals surface area contributed by atoms with Crippen LogP contribution >= 0.6 is 0 Å². The summed E-state index contributed by atoms with van der Waals surface area (Å²) in [5.41, 5.74) is 0.259. The molecule has 12 nitrogen and oxygen atoms in total. The smallest absolute Gasteiger partial charge is 0.408 e. The molecule has 0 bridgehead atoms. The molecule has 0 aliphatic carbocycles. The molecule has 12 heteroatoms. The van der Waals surface area contributed by atoms with Gasteiger partial charge in [0, 0.05) is 24.2 Å². The van der Waals surface area contributed by atoms with Crippen LogP contribution in [0.15, 0.2) is 54.6 Å². The molecule has 0 heterocycles. The van der Waals surface area contributed by atoms with Crippen molar-refractivity contribution in [1.82, 2.24) is 16.0 Å². The van der Waals surface area contributed by atoms with Crippen LogP contribution in [0.5, 0.6) is 0 Å². The van der Waals surface area contributed by atoms with Crippen LogP contribution in [0.25, 0.3) is 0 Å². The molecule has 0 saturated heterocycles. The van der Waals surface area contributed by atoms with Gasteiger partial charge in [0.1, 0.15) is 18.2 Å². The summed E-state index contributed by atoms with van der Waals surface area (Å²) in [5, 5.41) is 20.7. The molecule has 1 atom stereocenters. The Morgan fingerprint density at radius 1 is 0.917 bits per heavy atom. The van der Waals surface area contributed by atoms with Crippen LogP contribution in [-0.2, 0) is 25.5 Å². The lowest BCUT2D eigenvalue weighted by molar-refractivity contribution is -0.384. The van der Waals surface area contributed by atoms with Crippen LogP contribution in [-0.4, -0.2) is 53.5 Å². The Morgan fingerprint density at radius 3 is 2.11 bits per heavy atom. The lowest BCUT2D eigenvalue weighted by Crippen LogP contribution is -2.49. The van der Waals surface area contributed by atoms with E-state index in [1.54, 1.807) is 45.0 Å². The minimum absolute atomic E-state index is 0.126. The Hall–Kier alpha value is -4.48. The molecule has 0 spiro atoms. The second-order valence-electron chi connectivity index (χ2n) is 8.74. The van der Waals surface area contributed by atoms with Crippen LogP contribution in [0, 0.1) is 10.1 Å². The second-order valence-corrected chi connectivity index (χ2v) is 8.74. The zero-order valence-corrected chi connectivity index (χ0v) is 20.2. The summed E-state index contributed by atoms with van der Waals surface area (Å²) in [7, 11) is 0. The lowest BCUT2D eigenvalue weighted by Gasteiger charge is -2.20. The Bertz CT molecular complexity index is 1080. The molecule has 2 aromatic rings. The third-order valence-electron chi connectivity index (χ3n) is 4.52. The maximum Gasteiger partial charge on any atom is 0.408 e. The molecular weight excluding hydrogens is 470 g/mol. The predicted octanol–water partition coefficient (Wildman–Crippen LogP) is 1.90. The molecule has 4 N–H and O–H groups in total. The molecule has 2 aromatic carbocycles. The first-order valence-electron chi connectivity index (χ1n) is 11.0. The molecule has 0 saturated carbocycles. The van der Waals surface area contributed by atoms with Crippen molar-refractivity contribution in [2.24, 2.45) is 0 Å². The third-order valence-corrected chi connectivity index (χ3v) is 4.52. The highest BCUT2D eigenvalue weighted by Crippen LogP contribution is 2.16. The Labute approximate surface area is 207 Å². The largest absolute Gasteiger partial charge is 0.444 e. The zero-order valence-electron chi connectivity index (χ0n) is 20.2. The lowest BCUT2D eigenvalue weighted by atomic mass is 10.0. The van der Waals surface area contributed by atoms with E-state index < -0.39 is 53.5 Å². The zero-order chi connectivity index (χ0) is 26.7. The Morgan fingerprint density at radius 2 is 1.53 bits per heavy atom. The SMILES string of the molecule is CC(C)(C)OC(=O)NCC(=O)NCC(=O)NC(Cc1ccccc1)C(=O)Nc1ccc([N+](=O)[O-])cc1. The van der Waals surface area contributed by atoms with E-state index in [0.29, 0.717) is 5.69 Å². The first-order chi connectivity index (χ1) is 16.9. The van der Waals surface area contributed by atoms with Crippen molar-refractivity contribution in [3.05, 3.63) is 70.3 Å². The topological polar surface area (TPSA) is 169 Å². The second kappa shape index (κ2) is 12.8. The maximum atomic E-state index is 12.9. The van der Waals surface area contributed by atoms with Crippen molar-refractivity contribution in [3.8, 4) is 0 Å². The van der Waals surface area contributed by atoms with E-state index in [4.69, 9.17) is 4.74 Å². The molecule has 1 unspecified atom stereocenters. The van der Waals surface area contributed by atoms with Gasteiger partial charge in [-0.15, -0.1) is 0 Å². The standard InChI is InChI=1S/C24H29N5O7/c1-24(2,3)36-23(33)26-14-20(30)25-15-21(31)28-19(13-16-7-5-4-6-8-16)22(32)27-17-9-11-18(12-10-17)29(34)35/h4-12,19H,13-15H2,1-3H3,(H,25,30)(H,26,33)(H,27,32)(H,28,31). The molecule has 4 amide bonds. The van der Waals surface area contributed by atoms with E-state index in [2.05, 4.69) is 21.3 Å². The molecule has 192 valence electrons. The number of hydrogen-bond donors (Lipinski definition) is 4. The van der Waals surface area contributed by atoms with E-state index in [1.165, 1.54) is 24.3 Å². The van der Waals surface area contributed by atoms with Crippen LogP contribution < -0.4 is 21.3 Å². The van der Waals surface area contributed by atoms with E-state index in [1.807, 2.05) is 6.07 Å². The van der Waals surface area contributed by atoms with Gasteiger partial charge in [-0.1, -0.05) is 30.3 Å². The summed E-state index contributed by atoms with van der Waals surface area (Å²) in [6, 6.07) is 13.3. The van der Waals surface area contributed by atoms with Gasteiger partial charge in [-0.2, -0.15) is 0 Å². The minimum Gasteiger partial charge on any atom is -0.444 e. The number of nitro benzene ring substituents is 1. The van der Waals surface area contributed by atoms with Gasteiger partial charge in [-0.3, -0.25) is 24.5 Å². The van der Waals surface area contributed by atoms with Crippen LogP contribution in [0.1, 0.15) is 26.3 Å². The number of carbonyl (C=O) groups excluding carboxylic acids is 4. The molecule has 2 rings (SSSR count). The normalized spacial score (nSPS) is 11.5. The number of carbonyl (C=O) groups is 4. The number of nitro groups is 1. The van der Waals surface area contributed by atoms with Gasteiger partial charge in [-0.25, -0.2) is 4.79 Å². The fourth-order valence-electron chi connectivity index (χ4n) is 2.91. The number of non-ortho nitro benzene ring substituents is 1. The molecule has 0 fully saturated rings. The fourth-order valence-corrected chi connectivity index (χ4v) is 2.91. The summed E-state index contributed by atoms with van der Waals surface area (Å²) in [6.45, 7) is 4.23. The van der Waals surface area contributed by atoms with Crippen molar-refractivity contribution in [2.45, 2.75) is 38.8 Å². The average Bonchev–Trinajstić information content (AvgIpc) is 2.81. The number of hydrogen-bond acceptors (Lipinski definition) is 7. The van der Waals surface area contributed by atoms with Crippen LogP contribution in [0.2, 0.25) is 0 Å². The number of rotatable bonds is 10. The van der Waals surface area contributed by atoms with Gasteiger partial charge < -0.3 is 26.0 Å². The summed E-state index contributed by atoms with van der Waals surface area (Å²) < 4.78 is 5.03. The number of nitrogens with one attached hydrogen (secondary N) is 4. The number of ether oxygens (including phenoxy) is 1. The van der Waals surface area contributed by atoms with Gasteiger partial charge in [0.2, 0.25) is 17.7 Å². The predicted molar refractivity (Wildman–Crippen MR) is 131 cm³/mol. The number of alkyl carbamates (subject to hydrolysis) is 1. The number of anilines is 1. The van der Waals surface area contributed by atoms with E-state index in [9.17, 15) is 29.3 Å². The fraction of sp³-hybridized carbons (Fsp3) is 0.333. The summed E-state index contributed by atoms with van der Waals surface area (Å²) >= 11 is 0. The highest BCUT2D eigenvalue weighted by molar-refractivity contribution is 5.98. The van der Waals surface area contributed by atoms with Gasteiger partial charge in [0.15, 0.2) is 0 Å². The molecule has 0 aliphatic heterocycles. The van der Waals surface area contributed by atoms with Gasteiger partial charge >= 0.3 is 6.09 Å². The van der Waals surface area contributed by atoms with Crippen molar-refractivity contribution in [2.75, 3.05) is 18.4 Å². The molecule has 0 radical (unpaired) electrons. The molecule has 0 aliphatic rings. The maximum absolute atomic E-state index is 12.9. The molecule has 36 heavy (non-hydrogen) atoms. The Kier molecular flexibility index (Phi) is 9.90. The van der Waals surface area contributed by atoms with Gasteiger partial charge in [0.05, 0.1) is 11.5 Å². The number of amides is 4. The number of nitrogens with zero attached hydrogens (tertiary/aromatic N) is 1. The van der Waals surface area contributed by atoms with Crippen molar-refractivity contribution >= 4 is 35.2 Å². The summed E-state index contributed by atoms with van der Waals surface area (Å²) in [4.78, 5) is 59.2. The monoisotopic (exact) mass is 499 g/mol. The molecule has 0 aromatic heterocycles. The first kappa shape index (κ1) is 27.8. The van der Waals surface area contributed by atoms with E-state index >= 15 is 0 Å². The highest BCUT2D eigenvalue weighted by Gasteiger charge is 2.22. The third kappa shape index (κ3) is 10.2. The van der Waals surface area contributed by atoms with E-state index in [-0.39, 0.29) is 12.1 Å². The van der Waals surface area contributed by atoms with Crippen molar-refractivity contribution in [3.63, 3.8) is 0 Å². The van der Waals surface area contributed by atoms with Crippen molar-refractivity contribution < 1.29 is 28.8 Å². The van der Waals surface area contributed by atoms with Crippen LogP contribution in [0.3, 0.4) is 0 Å². The Balaban J connectivity index is 1.95. The quantitative estimate of drug-likeness (QED) is 0.286. The highest BCUT2D eigenvalue weighted by atomic mass is 16.6. The summed E-state index contributed by atoms with van der Waals surface area (Å²) in [6.07, 6.45) is -0.604. The minimum atomic E-state index is -0.994. The summed E-state index contributed by atoms with van der Waals surface area (Å²) in [5.74, 6) is -1.79. The van der Waals surface area contributed by atoms with Gasteiger partial charge in [0.25, 0.3) is 5.69 Å².